The molecule has 4 N–H and O–H groups in total. The highest BCUT2D eigenvalue weighted by Gasteiger charge is 2.45. The van der Waals surface area contributed by atoms with Gasteiger partial charge in [0.05, 0.1) is 11.5 Å². The van der Waals surface area contributed by atoms with Crippen molar-refractivity contribution < 1.29 is 29.1 Å². The number of aliphatic hydroxyl groups is 1. The first-order valence-corrected chi connectivity index (χ1v) is 7.52. The average molecular weight is 353 g/mol. The summed E-state index contributed by atoms with van der Waals surface area (Å²) in [4.78, 5) is 32.8. The number of rotatable bonds is 8. The summed E-state index contributed by atoms with van der Waals surface area (Å²) >= 11 is 0. The van der Waals surface area contributed by atoms with E-state index in [1.807, 2.05) is 0 Å². The number of hydrogen-bond acceptors (Lipinski definition) is 8. The molecule has 1 aliphatic heterocycles. The van der Waals surface area contributed by atoms with Crippen LogP contribution in [-0.2, 0) is 25.7 Å². The topological polar surface area (TPSA) is 154 Å². The summed E-state index contributed by atoms with van der Waals surface area (Å²) in [6, 6.07) is 5.25. The van der Waals surface area contributed by atoms with E-state index < -0.39 is 22.4 Å². The van der Waals surface area contributed by atoms with E-state index in [0.717, 1.165) is 0 Å². The van der Waals surface area contributed by atoms with E-state index in [1.54, 1.807) is 0 Å². The van der Waals surface area contributed by atoms with Gasteiger partial charge >= 0.3 is 5.97 Å². The average Bonchev–Trinajstić information content (AvgIpc) is 2.95. The van der Waals surface area contributed by atoms with Crippen LogP contribution < -0.4 is 11.1 Å². The number of nitrogens with zero attached hydrogens (tertiary/aromatic N) is 1. The van der Waals surface area contributed by atoms with Gasteiger partial charge in [0.2, 0.25) is 5.91 Å². The van der Waals surface area contributed by atoms with Crippen LogP contribution in [0.1, 0.15) is 12.0 Å². The van der Waals surface area contributed by atoms with Gasteiger partial charge in [0.25, 0.3) is 5.69 Å². The molecule has 10 nitrogen and oxygen atoms in total. The summed E-state index contributed by atoms with van der Waals surface area (Å²) in [6.45, 7) is -0.221. The molecule has 1 aromatic carbocycles. The number of benzene rings is 1. The van der Waals surface area contributed by atoms with Crippen LogP contribution in [0.4, 0.5) is 5.69 Å². The quantitative estimate of drug-likeness (QED) is 0.313. The molecule has 0 unspecified atom stereocenters. The number of primary amides is 1. The number of β-amino-alcohol motifs (C(OH)–C–C–N with tert-alkyl or cyclic N) is 1. The van der Waals surface area contributed by atoms with Crippen LogP contribution in [0, 0.1) is 10.1 Å². The third kappa shape index (κ3) is 5.21. The van der Waals surface area contributed by atoms with Gasteiger partial charge in [-0.2, -0.15) is 0 Å². The second-order valence-electron chi connectivity index (χ2n) is 5.79. The van der Waals surface area contributed by atoms with Crippen molar-refractivity contribution in [2.24, 2.45) is 5.73 Å². The Bertz CT molecular complexity index is 649. The second kappa shape index (κ2) is 8.01. The Morgan fingerprint density at radius 1 is 1.40 bits per heavy atom. The highest BCUT2D eigenvalue weighted by molar-refractivity contribution is 5.80. The van der Waals surface area contributed by atoms with Gasteiger partial charge in [0.1, 0.15) is 13.2 Å². The molecule has 0 radical (unpaired) electrons. The molecule has 0 saturated carbocycles. The molecule has 0 aromatic heterocycles. The number of hydrogen-bond donors (Lipinski definition) is 3. The van der Waals surface area contributed by atoms with Gasteiger partial charge in [-0.05, 0) is 17.7 Å². The number of carbonyl (C=O) groups is 2. The molecular weight excluding hydrogens is 334 g/mol. The highest BCUT2D eigenvalue weighted by Crippen LogP contribution is 2.22. The van der Waals surface area contributed by atoms with Crippen LogP contribution in [0.5, 0.6) is 0 Å². The van der Waals surface area contributed by atoms with E-state index >= 15 is 0 Å². The Morgan fingerprint density at radius 3 is 2.68 bits per heavy atom. The largest absolute Gasteiger partial charge is 0.459 e. The molecular formula is C15H19N3O7. The first-order valence-electron chi connectivity index (χ1n) is 7.52. The van der Waals surface area contributed by atoms with Crippen molar-refractivity contribution in [3.8, 4) is 0 Å². The molecule has 1 amide bonds. The van der Waals surface area contributed by atoms with E-state index in [1.165, 1.54) is 24.3 Å². The smallest absolute Gasteiger partial charge is 0.339 e. The van der Waals surface area contributed by atoms with Crippen LogP contribution in [0.2, 0.25) is 0 Å². The molecule has 0 aliphatic carbocycles. The van der Waals surface area contributed by atoms with Crippen molar-refractivity contribution in [3.63, 3.8) is 0 Å². The Labute approximate surface area is 143 Å². The molecule has 0 spiro atoms. The maximum atomic E-state index is 12.1. The standard InChI is InChI=1S/C15H19N3O7/c16-13(19)8-24-7-11-5-15(21,9-17-11)14(20)25-6-10-1-3-12(4-2-10)18(22)23/h1-4,11,17,21H,5-9H2,(H2,16,19)/t11-,15+/m0/s1. The number of amides is 1. The first kappa shape index (κ1) is 18.8. The van der Waals surface area contributed by atoms with Gasteiger partial charge in [-0.15, -0.1) is 0 Å². The lowest BCUT2D eigenvalue weighted by Gasteiger charge is -2.19. The highest BCUT2D eigenvalue weighted by atomic mass is 16.6. The number of esters is 1. The monoisotopic (exact) mass is 353 g/mol. The number of ether oxygens (including phenoxy) is 2. The van der Waals surface area contributed by atoms with E-state index in [9.17, 15) is 24.8 Å². The fourth-order valence-electron chi connectivity index (χ4n) is 2.44. The molecule has 25 heavy (non-hydrogen) atoms. The van der Waals surface area contributed by atoms with Gasteiger partial charge in [-0.1, -0.05) is 0 Å². The van der Waals surface area contributed by atoms with Crippen molar-refractivity contribution in [2.75, 3.05) is 19.8 Å². The van der Waals surface area contributed by atoms with E-state index in [-0.39, 0.29) is 44.5 Å². The zero-order valence-corrected chi connectivity index (χ0v) is 13.3. The third-order valence-electron chi connectivity index (χ3n) is 3.73. The maximum Gasteiger partial charge on any atom is 0.339 e. The molecule has 2 rings (SSSR count). The van der Waals surface area contributed by atoms with E-state index in [2.05, 4.69) is 5.32 Å². The van der Waals surface area contributed by atoms with Gasteiger partial charge in [0, 0.05) is 31.1 Å². The molecule has 0 bridgehead atoms. The van der Waals surface area contributed by atoms with Crippen LogP contribution in [0.15, 0.2) is 24.3 Å². The lowest BCUT2D eigenvalue weighted by Crippen LogP contribution is -2.41. The van der Waals surface area contributed by atoms with Gasteiger partial charge in [-0.3, -0.25) is 14.9 Å². The fraction of sp³-hybridized carbons (Fsp3) is 0.467. The minimum absolute atomic E-state index is 0.00328. The van der Waals surface area contributed by atoms with Crippen LogP contribution >= 0.6 is 0 Å². The summed E-state index contributed by atoms with van der Waals surface area (Å²) < 4.78 is 10.1. The lowest BCUT2D eigenvalue weighted by molar-refractivity contribution is -0.384. The van der Waals surface area contributed by atoms with E-state index in [4.69, 9.17) is 15.2 Å². The predicted octanol–water partition coefficient (Wildman–Crippen LogP) is -0.767. The Balaban J connectivity index is 1.81. The molecule has 2 atom stereocenters. The molecule has 1 fully saturated rings. The fourth-order valence-corrected chi connectivity index (χ4v) is 2.44. The van der Waals surface area contributed by atoms with Crippen LogP contribution in [0.25, 0.3) is 0 Å². The summed E-state index contributed by atoms with van der Waals surface area (Å²) in [5.41, 5.74) is 3.76. The van der Waals surface area contributed by atoms with Crippen molar-refractivity contribution in [2.45, 2.75) is 24.7 Å². The van der Waals surface area contributed by atoms with Crippen molar-refractivity contribution in [1.29, 1.82) is 0 Å². The number of nitrogens with two attached hydrogens (primary N) is 1. The van der Waals surface area contributed by atoms with Gasteiger partial charge in [-0.25, -0.2) is 4.79 Å². The maximum absolute atomic E-state index is 12.1. The number of nitrogens with one attached hydrogen (secondary N) is 1. The number of carbonyl (C=O) groups excluding carboxylic acids is 2. The van der Waals surface area contributed by atoms with Gasteiger partial charge in [0.15, 0.2) is 5.60 Å². The number of non-ortho nitro benzene ring substituents is 1. The third-order valence-corrected chi connectivity index (χ3v) is 3.73. The first-order chi connectivity index (χ1) is 11.8. The minimum Gasteiger partial charge on any atom is -0.459 e. The summed E-state index contributed by atoms with van der Waals surface area (Å²) in [7, 11) is 0. The Hall–Kier alpha value is -2.56. The van der Waals surface area contributed by atoms with E-state index in [0.29, 0.717) is 5.56 Å². The van der Waals surface area contributed by atoms with Crippen molar-refractivity contribution >= 4 is 17.6 Å². The summed E-state index contributed by atoms with van der Waals surface area (Å²) in [5, 5.41) is 23.9. The minimum atomic E-state index is -1.69. The Morgan fingerprint density at radius 2 is 2.08 bits per heavy atom. The predicted molar refractivity (Wildman–Crippen MR) is 84.3 cm³/mol. The number of nitro groups is 1. The number of nitro benzene ring substituents is 1. The van der Waals surface area contributed by atoms with Crippen molar-refractivity contribution in [3.05, 3.63) is 39.9 Å². The molecule has 1 saturated heterocycles. The molecule has 1 heterocycles. The Kier molecular flexibility index (Phi) is 6.02. The van der Waals surface area contributed by atoms with Crippen LogP contribution in [0.3, 0.4) is 0 Å². The molecule has 1 aliphatic rings. The lowest BCUT2D eigenvalue weighted by atomic mass is 10.0. The molecule has 1 aromatic rings. The molecule has 136 valence electrons. The SMILES string of the molecule is NC(=O)COC[C@@H]1C[C@](O)(C(=O)OCc2ccc([N+](=O)[O-])cc2)CN1. The zero-order valence-electron chi connectivity index (χ0n) is 13.3. The van der Waals surface area contributed by atoms with Crippen molar-refractivity contribution in [1.82, 2.24) is 5.32 Å². The zero-order chi connectivity index (χ0) is 18.4. The van der Waals surface area contributed by atoms with Gasteiger partial charge < -0.3 is 25.6 Å². The summed E-state index contributed by atoms with van der Waals surface area (Å²) in [5.74, 6) is -1.40. The normalized spacial score (nSPS) is 22.5. The van der Waals surface area contributed by atoms with Crippen LogP contribution in [-0.4, -0.2) is 53.3 Å². The summed E-state index contributed by atoms with van der Waals surface area (Å²) in [6.07, 6.45) is 0.0743. The molecule has 10 heteroatoms. The second-order valence-corrected chi connectivity index (χ2v) is 5.79.